The molecule has 0 rings (SSSR count). The number of carboxylic acids is 1. The number of hydrogen-bond acceptors (Lipinski definition) is 4. The third-order valence-corrected chi connectivity index (χ3v) is 1.18. The van der Waals surface area contributed by atoms with Gasteiger partial charge in [-0.2, -0.15) is 0 Å². The van der Waals surface area contributed by atoms with E-state index in [1.807, 2.05) is 0 Å². The third kappa shape index (κ3) is 24.7. The van der Waals surface area contributed by atoms with E-state index in [1.165, 1.54) is 6.92 Å². The van der Waals surface area contributed by atoms with E-state index in [0.29, 0.717) is 0 Å². The first-order valence-electron chi connectivity index (χ1n) is 4.80. The molecule has 5 nitrogen and oxygen atoms in total. The number of carbonyl (C=O) groups excluding carboxylic acids is 1. The minimum atomic E-state index is -1.34. The Morgan fingerprint density at radius 1 is 1.33 bits per heavy atom. The third-order valence-electron chi connectivity index (χ3n) is 1.18. The lowest BCUT2D eigenvalue weighted by Crippen LogP contribution is -2.35. The van der Waals surface area contributed by atoms with Gasteiger partial charge in [0.15, 0.2) is 0 Å². The van der Waals surface area contributed by atoms with E-state index in [-0.39, 0.29) is 13.0 Å². The molecular formula is C10H23NO4. The number of nitrogens with zero attached hydrogens (tertiary/aromatic N) is 1. The Morgan fingerprint density at radius 3 is 1.87 bits per heavy atom. The second-order valence-electron chi connectivity index (χ2n) is 5.20. The van der Waals surface area contributed by atoms with Gasteiger partial charge in [0.2, 0.25) is 0 Å². The van der Waals surface area contributed by atoms with Crippen LogP contribution < -0.4 is 5.11 Å². The number of carboxylic acid groups (broad SMARTS) is 1. The lowest BCUT2D eigenvalue weighted by atomic mass is 9.99. The van der Waals surface area contributed by atoms with Crippen molar-refractivity contribution in [3.63, 3.8) is 0 Å². The Kier molecular flexibility index (Phi) is 7.56. The summed E-state index contributed by atoms with van der Waals surface area (Å²) in [5.41, 5.74) is -1.34. The molecule has 0 fully saturated rings. The predicted octanol–water partition coefficient (Wildman–Crippen LogP) is -1.42. The molecule has 0 spiro atoms. The lowest BCUT2D eigenvalue weighted by molar-refractivity contribution is -0.849. The Hall–Kier alpha value is -0.650. The van der Waals surface area contributed by atoms with Gasteiger partial charge in [-0.15, -0.1) is 0 Å². The summed E-state index contributed by atoms with van der Waals surface area (Å²) in [7, 11) is 8.50. The average molecular weight is 221 g/mol. The van der Waals surface area contributed by atoms with Crippen molar-refractivity contribution in [3.05, 3.63) is 0 Å². The fraction of sp³-hybridized carbons (Fsp3) is 0.900. The molecule has 0 bridgehead atoms. The van der Waals surface area contributed by atoms with Gasteiger partial charge in [-0.25, -0.2) is 0 Å². The van der Waals surface area contributed by atoms with Crippen molar-refractivity contribution in [2.24, 2.45) is 0 Å². The largest absolute Gasteiger partial charge is 0.550 e. The zero-order valence-corrected chi connectivity index (χ0v) is 10.3. The Labute approximate surface area is 91.5 Å². The van der Waals surface area contributed by atoms with Crippen LogP contribution in [0.1, 0.15) is 19.8 Å². The van der Waals surface area contributed by atoms with Gasteiger partial charge in [0.1, 0.15) is 0 Å². The Balaban J connectivity index is 0. The first-order valence-corrected chi connectivity index (χ1v) is 4.80. The maximum Gasteiger partial charge on any atom is 0.0693 e. The smallest absolute Gasteiger partial charge is 0.0693 e. The molecular weight excluding hydrogens is 198 g/mol. The van der Waals surface area contributed by atoms with Gasteiger partial charge < -0.3 is 24.6 Å². The van der Waals surface area contributed by atoms with E-state index in [1.54, 1.807) is 0 Å². The van der Waals surface area contributed by atoms with Crippen molar-refractivity contribution in [2.45, 2.75) is 25.4 Å². The molecule has 0 amide bonds. The van der Waals surface area contributed by atoms with E-state index in [2.05, 4.69) is 28.2 Å². The standard InChI is InChI=1S/C6H12O4.C4H12N/c1-6(10,2-3-7)4-5(8)9;1-5(2,3)4/h7,10H,2-4H2,1H3,(H,8,9);1-4H3/q;+1/p-1. The highest BCUT2D eigenvalue weighted by molar-refractivity contribution is 5.65. The molecule has 0 aromatic heterocycles. The quantitative estimate of drug-likeness (QED) is 0.571. The highest BCUT2D eigenvalue weighted by Crippen LogP contribution is 2.12. The summed E-state index contributed by atoms with van der Waals surface area (Å²) in [6, 6.07) is 0. The molecule has 0 heterocycles. The van der Waals surface area contributed by atoms with Crippen molar-refractivity contribution in [3.8, 4) is 0 Å². The molecule has 0 saturated carbocycles. The minimum Gasteiger partial charge on any atom is -0.550 e. The van der Waals surface area contributed by atoms with Crippen LogP contribution in [0.2, 0.25) is 0 Å². The molecule has 0 aliphatic heterocycles. The van der Waals surface area contributed by atoms with E-state index < -0.39 is 18.0 Å². The second kappa shape index (κ2) is 6.76. The summed E-state index contributed by atoms with van der Waals surface area (Å²) in [5.74, 6) is -1.31. The van der Waals surface area contributed by atoms with Crippen LogP contribution >= 0.6 is 0 Å². The molecule has 0 aliphatic carbocycles. The highest BCUT2D eigenvalue weighted by atomic mass is 16.4. The molecule has 1 unspecified atom stereocenters. The molecule has 92 valence electrons. The van der Waals surface area contributed by atoms with E-state index >= 15 is 0 Å². The topological polar surface area (TPSA) is 80.6 Å². The number of aliphatic hydroxyl groups is 2. The maximum absolute atomic E-state index is 9.94. The van der Waals surface area contributed by atoms with Crippen molar-refractivity contribution < 1.29 is 24.6 Å². The number of carbonyl (C=O) groups is 1. The Morgan fingerprint density at radius 2 is 1.67 bits per heavy atom. The second-order valence-corrected chi connectivity index (χ2v) is 5.20. The van der Waals surface area contributed by atoms with Gasteiger partial charge in [-0.05, 0) is 13.3 Å². The number of hydrogen-bond donors (Lipinski definition) is 2. The van der Waals surface area contributed by atoms with Gasteiger partial charge in [0.05, 0.1) is 33.8 Å². The summed E-state index contributed by atoms with van der Waals surface area (Å²) in [6.07, 6.45) is -0.380. The summed E-state index contributed by atoms with van der Waals surface area (Å²) in [5, 5.41) is 27.4. The molecule has 0 aromatic carbocycles. The fourth-order valence-electron chi connectivity index (χ4n) is 0.640. The van der Waals surface area contributed by atoms with Crippen molar-refractivity contribution in [1.29, 1.82) is 0 Å². The molecule has 2 N–H and O–H groups in total. The monoisotopic (exact) mass is 221 g/mol. The van der Waals surface area contributed by atoms with Crippen LogP contribution in [0.5, 0.6) is 0 Å². The number of aliphatic carboxylic acids is 1. The zero-order valence-electron chi connectivity index (χ0n) is 10.3. The van der Waals surface area contributed by atoms with Crippen LogP contribution in [0.25, 0.3) is 0 Å². The Bertz CT molecular complexity index is 178. The summed E-state index contributed by atoms with van der Waals surface area (Å²) >= 11 is 0. The van der Waals surface area contributed by atoms with Gasteiger partial charge in [-0.3, -0.25) is 0 Å². The SMILES string of the molecule is CC(O)(CCO)CC(=O)[O-].C[N+](C)(C)C. The molecule has 0 radical (unpaired) electrons. The van der Waals surface area contributed by atoms with Gasteiger partial charge in [0.25, 0.3) is 0 Å². The van der Waals surface area contributed by atoms with Crippen LogP contribution in [-0.4, -0.2) is 61.1 Å². The molecule has 0 saturated heterocycles. The van der Waals surface area contributed by atoms with Gasteiger partial charge in [0, 0.05) is 19.0 Å². The van der Waals surface area contributed by atoms with E-state index in [0.717, 1.165) is 4.48 Å². The number of rotatable bonds is 4. The predicted molar refractivity (Wildman–Crippen MR) is 55.9 cm³/mol. The molecule has 15 heavy (non-hydrogen) atoms. The summed E-state index contributed by atoms with van der Waals surface area (Å²) in [4.78, 5) is 9.94. The van der Waals surface area contributed by atoms with Gasteiger partial charge >= 0.3 is 0 Å². The summed E-state index contributed by atoms with van der Waals surface area (Å²) < 4.78 is 1.00. The molecule has 0 aliphatic rings. The average Bonchev–Trinajstić information content (AvgIpc) is 1.77. The fourth-order valence-corrected chi connectivity index (χ4v) is 0.640. The molecule has 0 aromatic rings. The van der Waals surface area contributed by atoms with Crippen LogP contribution in [0, 0.1) is 0 Å². The minimum absolute atomic E-state index is 0.0565. The lowest BCUT2D eigenvalue weighted by Gasteiger charge is -2.22. The first kappa shape index (κ1) is 16.8. The van der Waals surface area contributed by atoms with Gasteiger partial charge in [-0.1, -0.05) is 0 Å². The highest BCUT2D eigenvalue weighted by Gasteiger charge is 2.19. The van der Waals surface area contributed by atoms with E-state index in [4.69, 9.17) is 10.2 Å². The molecule has 5 heteroatoms. The zero-order chi connectivity index (χ0) is 12.7. The molecule has 1 atom stereocenters. The van der Waals surface area contributed by atoms with Crippen molar-refractivity contribution >= 4 is 5.97 Å². The normalized spacial score (nSPS) is 14.9. The first-order chi connectivity index (χ1) is 6.48. The maximum atomic E-state index is 9.94. The summed E-state index contributed by atoms with van der Waals surface area (Å²) in [6.45, 7) is 1.12. The number of aliphatic hydroxyl groups excluding tert-OH is 1. The van der Waals surface area contributed by atoms with E-state index in [9.17, 15) is 9.90 Å². The van der Waals surface area contributed by atoms with Crippen LogP contribution in [0.15, 0.2) is 0 Å². The van der Waals surface area contributed by atoms with Crippen LogP contribution in [0.4, 0.5) is 0 Å². The van der Waals surface area contributed by atoms with Crippen molar-refractivity contribution in [1.82, 2.24) is 0 Å². The van der Waals surface area contributed by atoms with Crippen molar-refractivity contribution in [2.75, 3.05) is 34.8 Å². The van der Waals surface area contributed by atoms with Crippen LogP contribution in [0.3, 0.4) is 0 Å². The van der Waals surface area contributed by atoms with Crippen LogP contribution in [-0.2, 0) is 4.79 Å². The number of quaternary nitrogens is 1.